The van der Waals surface area contributed by atoms with Crippen LogP contribution in [0.15, 0.2) is 61.2 Å². The van der Waals surface area contributed by atoms with Crippen molar-refractivity contribution in [3.8, 4) is 5.75 Å². The number of carbonyl (C=O) groups excluding carboxylic acids is 1. The predicted octanol–water partition coefficient (Wildman–Crippen LogP) is 3.62. The average molecular weight is 308 g/mol. The minimum absolute atomic E-state index is 0.0135. The van der Waals surface area contributed by atoms with Crippen LogP contribution in [0.3, 0.4) is 0 Å². The van der Waals surface area contributed by atoms with Gasteiger partial charge in [0, 0.05) is 18.3 Å². The molecule has 0 saturated carbocycles. The third-order valence-corrected chi connectivity index (χ3v) is 4.28. The molecule has 4 heteroatoms. The van der Waals surface area contributed by atoms with E-state index < -0.39 is 5.66 Å². The topological polar surface area (TPSA) is 41.6 Å². The summed E-state index contributed by atoms with van der Waals surface area (Å²) in [5, 5.41) is 3.49. The Bertz CT molecular complexity index is 757. The Morgan fingerprint density at radius 3 is 2.70 bits per heavy atom. The molecule has 4 nitrogen and oxygen atoms in total. The first-order valence-corrected chi connectivity index (χ1v) is 7.56. The van der Waals surface area contributed by atoms with Gasteiger partial charge in [-0.1, -0.05) is 43.0 Å². The molecule has 0 spiro atoms. The summed E-state index contributed by atoms with van der Waals surface area (Å²) in [6.45, 7) is 6.09. The van der Waals surface area contributed by atoms with Gasteiger partial charge in [0.05, 0.1) is 5.56 Å². The molecule has 1 aliphatic heterocycles. The van der Waals surface area contributed by atoms with Crippen molar-refractivity contribution in [3.63, 3.8) is 0 Å². The second-order valence-corrected chi connectivity index (χ2v) is 5.70. The van der Waals surface area contributed by atoms with Crippen LogP contribution in [0.25, 0.3) is 0 Å². The highest BCUT2D eigenvalue weighted by molar-refractivity contribution is 6.02. The van der Waals surface area contributed by atoms with Crippen molar-refractivity contribution in [2.75, 3.05) is 19.0 Å². The zero-order valence-electron chi connectivity index (χ0n) is 13.4. The molecule has 0 aromatic heterocycles. The van der Waals surface area contributed by atoms with Crippen LogP contribution < -0.4 is 10.1 Å². The fourth-order valence-corrected chi connectivity index (χ4v) is 2.90. The van der Waals surface area contributed by atoms with Crippen LogP contribution in [0.4, 0.5) is 5.69 Å². The Morgan fingerprint density at radius 2 is 1.91 bits per heavy atom. The summed E-state index contributed by atoms with van der Waals surface area (Å²) >= 11 is 0. The molecule has 1 atom stereocenters. The number of hydrogen-bond donors (Lipinski definition) is 1. The van der Waals surface area contributed by atoms with Gasteiger partial charge in [-0.05, 0) is 25.1 Å². The molecule has 1 unspecified atom stereocenters. The van der Waals surface area contributed by atoms with Crippen molar-refractivity contribution in [3.05, 3.63) is 72.3 Å². The maximum Gasteiger partial charge on any atom is 0.257 e. The maximum atomic E-state index is 12.8. The van der Waals surface area contributed by atoms with E-state index in [2.05, 4.69) is 11.9 Å². The van der Waals surface area contributed by atoms with Crippen LogP contribution in [0.2, 0.25) is 0 Å². The first-order valence-electron chi connectivity index (χ1n) is 7.56. The number of nitrogens with one attached hydrogen (secondary N) is 1. The zero-order valence-corrected chi connectivity index (χ0v) is 13.4. The van der Waals surface area contributed by atoms with E-state index in [1.54, 1.807) is 18.0 Å². The number of benzene rings is 2. The van der Waals surface area contributed by atoms with Gasteiger partial charge in [0.25, 0.3) is 5.91 Å². The van der Waals surface area contributed by atoms with E-state index in [4.69, 9.17) is 4.74 Å². The van der Waals surface area contributed by atoms with Gasteiger partial charge < -0.3 is 15.0 Å². The fraction of sp³-hybridized carbons (Fsp3) is 0.211. The number of fused-ring (bicyclic) bond motifs is 1. The molecular formula is C19H20N2O2. The number of nitrogens with zero attached hydrogens (tertiary/aromatic N) is 1. The number of para-hydroxylation sites is 2. The van der Waals surface area contributed by atoms with Crippen molar-refractivity contribution in [1.29, 1.82) is 0 Å². The molecule has 0 aliphatic carbocycles. The lowest BCUT2D eigenvalue weighted by Gasteiger charge is -2.45. The lowest BCUT2D eigenvalue weighted by Crippen LogP contribution is -2.53. The average Bonchev–Trinajstić information content (AvgIpc) is 2.58. The van der Waals surface area contributed by atoms with Gasteiger partial charge in [-0.3, -0.25) is 4.79 Å². The summed E-state index contributed by atoms with van der Waals surface area (Å²) in [6.07, 6.45) is 1.71. The molecule has 3 rings (SSSR count). The summed E-state index contributed by atoms with van der Waals surface area (Å²) in [4.78, 5) is 14.5. The van der Waals surface area contributed by atoms with E-state index in [1.807, 2.05) is 55.5 Å². The highest BCUT2D eigenvalue weighted by atomic mass is 16.5. The molecule has 1 amide bonds. The maximum absolute atomic E-state index is 12.8. The number of carbonyl (C=O) groups is 1. The Labute approximate surface area is 136 Å². The number of anilines is 1. The number of hydrogen-bond acceptors (Lipinski definition) is 3. The van der Waals surface area contributed by atoms with Gasteiger partial charge >= 0.3 is 0 Å². The third kappa shape index (κ3) is 2.46. The Kier molecular flexibility index (Phi) is 3.82. The van der Waals surface area contributed by atoms with Crippen LogP contribution in [0.5, 0.6) is 5.75 Å². The van der Waals surface area contributed by atoms with Crippen molar-refractivity contribution < 1.29 is 9.53 Å². The van der Waals surface area contributed by atoms with Gasteiger partial charge in [-0.15, -0.1) is 0 Å². The molecule has 1 N–H and O–H groups in total. The largest absolute Gasteiger partial charge is 0.489 e. The number of ether oxygens (including phenoxy) is 1. The van der Waals surface area contributed by atoms with E-state index in [0.29, 0.717) is 12.2 Å². The Hall–Kier alpha value is -2.75. The van der Waals surface area contributed by atoms with Crippen LogP contribution in [-0.4, -0.2) is 24.5 Å². The van der Waals surface area contributed by atoms with Crippen molar-refractivity contribution >= 4 is 11.6 Å². The molecule has 2 aromatic rings. The van der Waals surface area contributed by atoms with E-state index in [1.165, 1.54) is 0 Å². The summed E-state index contributed by atoms with van der Waals surface area (Å²) in [5.74, 6) is 0.724. The van der Waals surface area contributed by atoms with E-state index in [-0.39, 0.29) is 5.91 Å². The quantitative estimate of drug-likeness (QED) is 0.877. The van der Waals surface area contributed by atoms with Gasteiger partial charge in [0.1, 0.15) is 18.0 Å². The third-order valence-electron chi connectivity index (χ3n) is 4.28. The number of amides is 1. The van der Waals surface area contributed by atoms with Gasteiger partial charge in [0.15, 0.2) is 0 Å². The first kappa shape index (κ1) is 15.2. The van der Waals surface area contributed by atoms with E-state index in [0.717, 1.165) is 17.0 Å². The highest BCUT2D eigenvalue weighted by Crippen LogP contribution is 2.40. The molecule has 0 bridgehead atoms. The monoisotopic (exact) mass is 308 g/mol. The molecule has 0 radical (unpaired) electrons. The fourth-order valence-electron chi connectivity index (χ4n) is 2.90. The molecule has 0 saturated heterocycles. The molecule has 23 heavy (non-hydrogen) atoms. The number of rotatable bonds is 4. The lowest BCUT2D eigenvalue weighted by molar-refractivity contribution is 0.0611. The summed E-state index contributed by atoms with van der Waals surface area (Å²) in [6, 6.07) is 15.3. The summed E-state index contributed by atoms with van der Waals surface area (Å²) < 4.78 is 5.78. The minimum Gasteiger partial charge on any atom is -0.489 e. The van der Waals surface area contributed by atoms with Crippen LogP contribution in [0, 0.1) is 0 Å². The smallest absolute Gasteiger partial charge is 0.257 e. The standard InChI is InChI=1S/C19H20N2O2/c1-4-13-23-17-12-8-6-10-15(17)19(2)20-16-11-7-5-9-14(16)18(22)21(19)3/h4-12,20H,1,13H2,2-3H3. The molecule has 1 heterocycles. The van der Waals surface area contributed by atoms with Crippen LogP contribution >= 0.6 is 0 Å². The summed E-state index contributed by atoms with van der Waals surface area (Å²) in [5.41, 5.74) is 1.73. The minimum atomic E-state index is -0.691. The van der Waals surface area contributed by atoms with E-state index >= 15 is 0 Å². The van der Waals surface area contributed by atoms with Gasteiger partial charge in [0.2, 0.25) is 0 Å². The molecular weight excluding hydrogens is 288 g/mol. The molecule has 0 fully saturated rings. The molecule has 1 aliphatic rings. The van der Waals surface area contributed by atoms with Crippen LogP contribution in [0.1, 0.15) is 22.8 Å². The highest BCUT2D eigenvalue weighted by Gasteiger charge is 2.41. The molecule has 118 valence electrons. The summed E-state index contributed by atoms with van der Waals surface area (Å²) in [7, 11) is 1.80. The van der Waals surface area contributed by atoms with Gasteiger partial charge in [-0.2, -0.15) is 0 Å². The Balaban J connectivity index is 2.09. The van der Waals surface area contributed by atoms with Crippen molar-refractivity contribution in [2.45, 2.75) is 12.6 Å². The zero-order chi connectivity index (χ0) is 16.4. The van der Waals surface area contributed by atoms with Crippen LogP contribution in [-0.2, 0) is 5.66 Å². The second kappa shape index (κ2) is 5.80. The molecule has 2 aromatic carbocycles. The van der Waals surface area contributed by atoms with Crippen molar-refractivity contribution in [2.24, 2.45) is 0 Å². The second-order valence-electron chi connectivity index (χ2n) is 5.70. The normalized spacial score (nSPS) is 19.7. The van der Waals surface area contributed by atoms with E-state index in [9.17, 15) is 4.79 Å². The first-order chi connectivity index (χ1) is 11.1. The predicted molar refractivity (Wildman–Crippen MR) is 91.6 cm³/mol. The lowest BCUT2D eigenvalue weighted by atomic mass is 9.93. The SMILES string of the molecule is C=CCOc1ccccc1C1(C)Nc2ccccc2C(=O)N1C. The van der Waals surface area contributed by atoms with Crippen molar-refractivity contribution in [1.82, 2.24) is 4.90 Å². The van der Waals surface area contributed by atoms with Gasteiger partial charge in [-0.25, -0.2) is 0 Å². The Morgan fingerprint density at radius 1 is 1.22 bits per heavy atom.